The van der Waals surface area contributed by atoms with Crippen molar-refractivity contribution >= 4 is 11.6 Å². The summed E-state index contributed by atoms with van der Waals surface area (Å²) in [5.41, 5.74) is 1.10. The Bertz CT molecular complexity index is 415. The first kappa shape index (κ1) is 15.8. The molecule has 1 aromatic rings. The molecule has 1 aromatic heterocycles. The molecule has 0 amide bonds. The zero-order chi connectivity index (χ0) is 14.5. The van der Waals surface area contributed by atoms with Crippen LogP contribution in [0.1, 0.15) is 24.6 Å². The van der Waals surface area contributed by atoms with E-state index in [2.05, 4.69) is 29.4 Å². The van der Waals surface area contributed by atoms with Crippen LogP contribution in [-0.4, -0.2) is 55.6 Å². The Morgan fingerprint density at radius 2 is 2.40 bits per heavy atom. The topological polar surface area (TPSA) is 42.3 Å². The lowest BCUT2D eigenvalue weighted by Gasteiger charge is -2.22. The maximum atomic E-state index is 6.35. The SMILES string of the molecule is CNC(CC1CCOC1)c1c(Cl)cnn1CCN(C)C. The van der Waals surface area contributed by atoms with Gasteiger partial charge >= 0.3 is 0 Å². The van der Waals surface area contributed by atoms with Crippen molar-refractivity contribution in [1.29, 1.82) is 0 Å². The number of likely N-dealkylation sites (N-methyl/N-ethyl adjacent to an activating group) is 1. The highest BCUT2D eigenvalue weighted by Gasteiger charge is 2.25. The molecule has 1 aliphatic rings. The summed E-state index contributed by atoms with van der Waals surface area (Å²) >= 11 is 6.35. The number of hydrogen-bond acceptors (Lipinski definition) is 4. The first-order valence-corrected chi connectivity index (χ1v) is 7.60. The first-order valence-electron chi connectivity index (χ1n) is 7.22. The minimum atomic E-state index is 0.235. The molecular formula is C14H25ClN4O. The first-order chi connectivity index (χ1) is 9.61. The van der Waals surface area contributed by atoms with E-state index in [0.29, 0.717) is 5.92 Å². The van der Waals surface area contributed by atoms with E-state index in [9.17, 15) is 0 Å². The molecule has 5 nitrogen and oxygen atoms in total. The van der Waals surface area contributed by atoms with Gasteiger partial charge in [-0.15, -0.1) is 0 Å². The van der Waals surface area contributed by atoms with Gasteiger partial charge in [-0.05, 0) is 39.9 Å². The van der Waals surface area contributed by atoms with E-state index in [1.807, 2.05) is 11.7 Å². The van der Waals surface area contributed by atoms with Gasteiger partial charge in [0.15, 0.2) is 0 Å². The molecule has 0 radical (unpaired) electrons. The van der Waals surface area contributed by atoms with Crippen molar-refractivity contribution in [3.05, 3.63) is 16.9 Å². The van der Waals surface area contributed by atoms with E-state index < -0.39 is 0 Å². The summed E-state index contributed by atoms with van der Waals surface area (Å²) in [6, 6.07) is 0.235. The molecule has 20 heavy (non-hydrogen) atoms. The van der Waals surface area contributed by atoms with Crippen molar-refractivity contribution in [3.8, 4) is 0 Å². The van der Waals surface area contributed by atoms with Crippen LogP contribution in [0.15, 0.2) is 6.20 Å². The second kappa shape index (κ2) is 7.41. The molecule has 1 fully saturated rings. The summed E-state index contributed by atoms with van der Waals surface area (Å²) in [7, 11) is 6.12. The van der Waals surface area contributed by atoms with E-state index in [4.69, 9.17) is 16.3 Å². The van der Waals surface area contributed by atoms with Crippen LogP contribution in [0.2, 0.25) is 5.02 Å². The zero-order valence-electron chi connectivity index (χ0n) is 12.6. The summed E-state index contributed by atoms with van der Waals surface area (Å²) in [5.74, 6) is 0.612. The van der Waals surface area contributed by atoms with Gasteiger partial charge in [0.05, 0.1) is 29.5 Å². The molecule has 1 aliphatic heterocycles. The van der Waals surface area contributed by atoms with Gasteiger partial charge in [0.2, 0.25) is 0 Å². The standard InChI is InChI=1S/C14H25ClN4O/c1-16-13(8-11-4-7-20-10-11)14-12(15)9-17-19(14)6-5-18(2)3/h9,11,13,16H,4-8,10H2,1-3H3. The quantitative estimate of drug-likeness (QED) is 0.833. The number of hydrogen-bond donors (Lipinski definition) is 1. The van der Waals surface area contributed by atoms with Crippen LogP contribution < -0.4 is 5.32 Å². The molecular weight excluding hydrogens is 276 g/mol. The van der Waals surface area contributed by atoms with Gasteiger partial charge in [-0.3, -0.25) is 4.68 Å². The Morgan fingerprint density at radius 1 is 1.60 bits per heavy atom. The van der Waals surface area contributed by atoms with E-state index in [1.165, 1.54) is 0 Å². The average Bonchev–Trinajstić information content (AvgIpc) is 3.03. The minimum absolute atomic E-state index is 0.235. The molecule has 2 heterocycles. The fourth-order valence-corrected chi connectivity index (χ4v) is 2.93. The fourth-order valence-electron chi connectivity index (χ4n) is 2.66. The van der Waals surface area contributed by atoms with Gasteiger partial charge in [0, 0.05) is 19.8 Å². The van der Waals surface area contributed by atoms with Crippen LogP contribution >= 0.6 is 11.6 Å². The molecule has 0 aromatic carbocycles. The van der Waals surface area contributed by atoms with Gasteiger partial charge in [-0.1, -0.05) is 11.6 Å². The van der Waals surface area contributed by atoms with E-state index in [1.54, 1.807) is 6.20 Å². The van der Waals surface area contributed by atoms with Gasteiger partial charge in [0.25, 0.3) is 0 Å². The van der Waals surface area contributed by atoms with Crippen molar-refractivity contribution < 1.29 is 4.74 Å². The third kappa shape index (κ3) is 3.95. The van der Waals surface area contributed by atoms with Crippen LogP contribution in [-0.2, 0) is 11.3 Å². The number of nitrogens with zero attached hydrogens (tertiary/aromatic N) is 3. The third-order valence-electron chi connectivity index (χ3n) is 3.86. The highest BCUT2D eigenvalue weighted by Crippen LogP contribution is 2.30. The van der Waals surface area contributed by atoms with Gasteiger partial charge in [-0.25, -0.2) is 0 Å². The lowest BCUT2D eigenvalue weighted by Crippen LogP contribution is -2.26. The average molecular weight is 301 g/mol. The molecule has 2 rings (SSSR count). The molecule has 1 N–H and O–H groups in total. The number of nitrogens with one attached hydrogen (secondary N) is 1. The van der Waals surface area contributed by atoms with Crippen molar-refractivity contribution in [1.82, 2.24) is 20.0 Å². The van der Waals surface area contributed by atoms with Crippen LogP contribution in [0, 0.1) is 5.92 Å². The molecule has 0 bridgehead atoms. The van der Waals surface area contributed by atoms with Gasteiger partial charge in [-0.2, -0.15) is 5.10 Å². The second-order valence-corrected chi connectivity index (χ2v) is 6.12. The third-order valence-corrected chi connectivity index (χ3v) is 4.16. The molecule has 2 atom stereocenters. The van der Waals surface area contributed by atoms with Crippen LogP contribution in [0.25, 0.3) is 0 Å². The summed E-state index contributed by atoms with van der Waals surface area (Å²) in [6.45, 7) is 3.55. The van der Waals surface area contributed by atoms with E-state index in [-0.39, 0.29) is 6.04 Å². The molecule has 2 unspecified atom stereocenters. The molecule has 0 aliphatic carbocycles. The number of halogens is 1. The summed E-state index contributed by atoms with van der Waals surface area (Å²) in [5, 5.41) is 8.56. The van der Waals surface area contributed by atoms with Gasteiger partial charge < -0.3 is 15.0 Å². The van der Waals surface area contributed by atoms with Crippen molar-refractivity contribution in [2.24, 2.45) is 5.92 Å². The normalized spacial score (nSPS) is 20.8. The Hall–Kier alpha value is -0.620. The molecule has 6 heteroatoms. The van der Waals surface area contributed by atoms with E-state index >= 15 is 0 Å². The van der Waals surface area contributed by atoms with E-state index in [0.717, 1.165) is 49.9 Å². The predicted octanol–water partition coefficient (Wildman–Crippen LogP) is 1.79. The van der Waals surface area contributed by atoms with Gasteiger partial charge in [0.1, 0.15) is 0 Å². The molecule has 114 valence electrons. The summed E-state index contributed by atoms with van der Waals surface area (Å²) in [4.78, 5) is 2.15. The largest absolute Gasteiger partial charge is 0.381 e. The molecule has 0 spiro atoms. The maximum absolute atomic E-state index is 6.35. The Balaban J connectivity index is 2.08. The molecule has 1 saturated heterocycles. The zero-order valence-corrected chi connectivity index (χ0v) is 13.4. The summed E-state index contributed by atoms with van der Waals surface area (Å²) < 4.78 is 7.50. The highest BCUT2D eigenvalue weighted by molar-refractivity contribution is 6.31. The second-order valence-electron chi connectivity index (χ2n) is 5.71. The summed E-state index contributed by atoms with van der Waals surface area (Å²) in [6.07, 6.45) is 3.94. The minimum Gasteiger partial charge on any atom is -0.381 e. The number of aromatic nitrogens is 2. The number of rotatable bonds is 7. The smallest absolute Gasteiger partial charge is 0.0834 e. The van der Waals surface area contributed by atoms with Crippen LogP contribution in [0.5, 0.6) is 0 Å². The molecule has 0 saturated carbocycles. The monoisotopic (exact) mass is 300 g/mol. The highest BCUT2D eigenvalue weighted by atomic mass is 35.5. The Kier molecular flexibility index (Phi) is 5.84. The lowest BCUT2D eigenvalue weighted by molar-refractivity contribution is 0.181. The fraction of sp³-hybridized carbons (Fsp3) is 0.786. The lowest BCUT2D eigenvalue weighted by atomic mass is 9.97. The van der Waals surface area contributed by atoms with Crippen LogP contribution in [0.3, 0.4) is 0 Å². The Labute approximate surface area is 126 Å². The van der Waals surface area contributed by atoms with Crippen molar-refractivity contribution in [2.45, 2.75) is 25.4 Å². The number of ether oxygens (including phenoxy) is 1. The maximum Gasteiger partial charge on any atom is 0.0834 e. The van der Waals surface area contributed by atoms with Crippen molar-refractivity contribution in [3.63, 3.8) is 0 Å². The van der Waals surface area contributed by atoms with Crippen LogP contribution in [0.4, 0.5) is 0 Å². The Morgan fingerprint density at radius 3 is 3.00 bits per heavy atom. The predicted molar refractivity (Wildman–Crippen MR) is 81.1 cm³/mol. The van der Waals surface area contributed by atoms with Crippen molar-refractivity contribution in [2.75, 3.05) is 40.9 Å².